The number of carbonyl (C=O) groups excluding carboxylic acids is 1. The molecule has 1 aromatic heterocycles. The molecule has 1 aliphatic heterocycles. The lowest BCUT2D eigenvalue weighted by Gasteiger charge is -2.31. The van der Waals surface area contributed by atoms with Crippen molar-refractivity contribution in [3.05, 3.63) is 11.7 Å². The summed E-state index contributed by atoms with van der Waals surface area (Å²) in [5.74, 6) is 1.46. The monoisotopic (exact) mass is 344 g/mol. The summed E-state index contributed by atoms with van der Waals surface area (Å²) in [5.41, 5.74) is 0. The molecule has 0 saturated carbocycles. The number of nitrogens with zero attached hydrogens (tertiary/aromatic N) is 3. The van der Waals surface area contributed by atoms with Crippen molar-refractivity contribution in [3.8, 4) is 0 Å². The second kappa shape index (κ2) is 7.39. The molecule has 1 atom stereocenters. The van der Waals surface area contributed by atoms with Gasteiger partial charge in [-0.2, -0.15) is 4.98 Å². The number of hydrogen-bond acceptors (Lipinski definition) is 6. The summed E-state index contributed by atoms with van der Waals surface area (Å²) in [4.78, 5) is 18.4. The molecular weight excluding hydrogens is 320 g/mol. The van der Waals surface area contributed by atoms with Gasteiger partial charge in [-0.05, 0) is 12.8 Å². The number of carbonyl (C=O) groups is 1. The van der Waals surface area contributed by atoms with Crippen LogP contribution in [-0.2, 0) is 14.8 Å². The van der Waals surface area contributed by atoms with Crippen molar-refractivity contribution >= 4 is 15.9 Å². The second-order valence-corrected chi connectivity index (χ2v) is 8.07. The van der Waals surface area contributed by atoms with Gasteiger partial charge in [0.1, 0.15) is 0 Å². The molecule has 0 aliphatic carbocycles. The molecule has 1 N–H and O–H groups in total. The number of piperidine rings is 1. The van der Waals surface area contributed by atoms with E-state index < -0.39 is 10.0 Å². The van der Waals surface area contributed by atoms with Crippen LogP contribution in [-0.4, -0.2) is 55.3 Å². The Morgan fingerprint density at radius 3 is 2.83 bits per heavy atom. The fourth-order valence-electron chi connectivity index (χ4n) is 2.56. The SMILES string of the molecule is CC(C)c1nc([C@@H]2CCCN(C(=O)CCNS(C)(=O)=O)C2)no1. The van der Waals surface area contributed by atoms with Crippen LogP contribution in [0.4, 0.5) is 0 Å². The Bertz CT molecular complexity index is 641. The van der Waals surface area contributed by atoms with Crippen LogP contribution in [0, 0.1) is 0 Å². The first kappa shape index (κ1) is 17.9. The number of nitrogens with one attached hydrogen (secondary N) is 1. The number of rotatable bonds is 6. The van der Waals surface area contributed by atoms with Crippen LogP contribution in [0.1, 0.15) is 56.7 Å². The maximum atomic E-state index is 12.2. The summed E-state index contributed by atoms with van der Waals surface area (Å²) in [7, 11) is -3.26. The molecule has 130 valence electrons. The summed E-state index contributed by atoms with van der Waals surface area (Å²) in [6.45, 7) is 5.34. The summed E-state index contributed by atoms with van der Waals surface area (Å²) in [6, 6.07) is 0. The lowest BCUT2D eigenvalue weighted by molar-refractivity contribution is -0.132. The van der Waals surface area contributed by atoms with Gasteiger partial charge in [0.25, 0.3) is 0 Å². The van der Waals surface area contributed by atoms with Gasteiger partial charge >= 0.3 is 0 Å². The van der Waals surface area contributed by atoms with Crippen LogP contribution >= 0.6 is 0 Å². The normalized spacial score (nSPS) is 19.3. The molecule has 1 aliphatic rings. The highest BCUT2D eigenvalue weighted by Gasteiger charge is 2.28. The first-order valence-electron chi connectivity index (χ1n) is 7.82. The summed E-state index contributed by atoms with van der Waals surface area (Å²) in [5, 5.41) is 4.03. The van der Waals surface area contributed by atoms with Gasteiger partial charge in [0.05, 0.1) is 6.26 Å². The molecule has 2 heterocycles. The van der Waals surface area contributed by atoms with Crippen molar-refractivity contribution in [3.63, 3.8) is 0 Å². The zero-order chi connectivity index (χ0) is 17.0. The molecule has 1 fully saturated rings. The molecular formula is C14H24N4O4S. The van der Waals surface area contributed by atoms with Crippen molar-refractivity contribution in [1.82, 2.24) is 19.8 Å². The average molecular weight is 344 g/mol. The van der Waals surface area contributed by atoms with Crippen LogP contribution in [0.2, 0.25) is 0 Å². The minimum Gasteiger partial charge on any atom is -0.342 e. The van der Waals surface area contributed by atoms with E-state index in [0.717, 1.165) is 19.1 Å². The fourth-order valence-corrected chi connectivity index (χ4v) is 3.04. The zero-order valence-electron chi connectivity index (χ0n) is 13.8. The van der Waals surface area contributed by atoms with Gasteiger partial charge in [-0.1, -0.05) is 19.0 Å². The molecule has 0 bridgehead atoms. The van der Waals surface area contributed by atoms with E-state index in [4.69, 9.17) is 4.52 Å². The molecule has 2 rings (SSSR count). The first-order valence-corrected chi connectivity index (χ1v) is 9.71. The van der Waals surface area contributed by atoms with Gasteiger partial charge < -0.3 is 9.42 Å². The fraction of sp³-hybridized carbons (Fsp3) is 0.786. The summed E-state index contributed by atoms with van der Waals surface area (Å²) in [6.07, 6.45) is 3.03. The van der Waals surface area contributed by atoms with Gasteiger partial charge in [-0.3, -0.25) is 4.79 Å². The van der Waals surface area contributed by atoms with Crippen molar-refractivity contribution in [2.24, 2.45) is 0 Å². The van der Waals surface area contributed by atoms with Gasteiger partial charge in [0.2, 0.25) is 21.8 Å². The Hall–Kier alpha value is -1.48. The number of likely N-dealkylation sites (tertiary alicyclic amines) is 1. The molecule has 8 nitrogen and oxygen atoms in total. The van der Waals surface area contributed by atoms with Crippen molar-refractivity contribution in [2.45, 2.75) is 44.9 Å². The predicted molar refractivity (Wildman–Crippen MR) is 84.4 cm³/mol. The van der Waals surface area contributed by atoms with Gasteiger partial charge in [0, 0.05) is 37.9 Å². The molecule has 1 amide bonds. The highest BCUT2D eigenvalue weighted by molar-refractivity contribution is 7.88. The third kappa shape index (κ3) is 5.28. The lowest BCUT2D eigenvalue weighted by atomic mass is 9.97. The summed E-state index contributed by atoms with van der Waals surface area (Å²) >= 11 is 0. The number of aromatic nitrogens is 2. The van der Waals surface area contributed by atoms with E-state index in [2.05, 4.69) is 14.9 Å². The molecule has 0 unspecified atom stereocenters. The smallest absolute Gasteiger partial charge is 0.229 e. The van der Waals surface area contributed by atoms with Crippen molar-refractivity contribution in [1.29, 1.82) is 0 Å². The standard InChI is InChI=1S/C14H24N4O4S/c1-10(2)14-16-13(17-22-14)11-5-4-8-18(9-11)12(19)6-7-15-23(3,20)21/h10-11,15H,4-9H2,1-3H3/t11-/m1/s1. The Labute approximate surface area is 136 Å². The number of hydrogen-bond donors (Lipinski definition) is 1. The largest absolute Gasteiger partial charge is 0.342 e. The average Bonchev–Trinajstić information content (AvgIpc) is 2.96. The number of amides is 1. The zero-order valence-corrected chi connectivity index (χ0v) is 14.6. The van der Waals surface area contributed by atoms with Crippen LogP contribution < -0.4 is 4.72 Å². The van der Waals surface area contributed by atoms with Gasteiger partial charge in [0.15, 0.2) is 5.82 Å². The maximum Gasteiger partial charge on any atom is 0.229 e. The highest BCUT2D eigenvalue weighted by atomic mass is 32.2. The van der Waals surface area contributed by atoms with E-state index in [-0.39, 0.29) is 30.7 Å². The lowest BCUT2D eigenvalue weighted by Crippen LogP contribution is -2.40. The van der Waals surface area contributed by atoms with E-state index in [1.165, 1.54) is 0 Å². The van der Waals surface area contributed by atoms with Crippen molar-refractivity contribution in [2.75, 3.05) is 25.9 Å². The molecule has 23 heavy (non-hydrogen) atoms. The third-order valence-electron chi connectivity index (χ3n) is 3.79. The molecule has 0 radical (unpaired) electrons. The Kier molecular flexibility index (Phi) is 5.74. The minimum atomic E-state index is -3.26. The third-order valence-corrected chi connectivity index (χ3v) is 4.52. The Balaban J connectivity index is 1.90. The minimum absolute atomic E-state index is 0.0570. The van der Waals surface area contributed by atoms with Crippen molar-refractivity contribution < 1.29 is 17.7 Å². The molecule has 1 aromatic rings. The summed E-state index contributed by atoms with van der Waals surface area (Å²) < 4.78 is 29.6. The van der Waals surface area contributed by atoms with Gasteiger partial charge in [-0.15, -0.1) is 0 Å². The van der Waals surface area contributed by atoms with E-state index in [0.29, 0.717) is 24.8 Å². The predicted octanol–water partition coefficient (Wildman–Crippen LogP) is 0.838. The van der Waals surface area contributed by atoms with E-state index in [1.807, 2.05) is 13.8 Å². The van der Waals surface area contributed by atoms with Crippen LogP contribution in [0.3, 0.4) is 0 Å². The Morgan fingerprint density at radius 1 is 1.48 bits per heavy atom. The second-order valence-electron chi connectivity index (χ2n) is 6.24. The molecule has 0 aromatic carbocycles. The number of sulfonamides is 1. The van der Waals surface area contributed by atoms with Crippen LogP contribution in [0.15, 0.2) is 4.52 Å². The molecule has 0 spiro atoms. The highest BCUT2D eigenvalue weighted by Crippen LogP contribution is 2.26. The Morgan fingerprint density at radius 2 is 2.22 bits per heavy atom. The topological polar surface area (TPSA) is 105 Å². The maximum absolute atomic E-state index is 12.2. The van der Waals surface area contributed by atoms with E-state index in [1.54, 1.807) is 4.90 Å². The first-order chi connectivity index (χ1) is 10.8. The van der Waals surface area contributed by atoms with Crippen LogP contribution in [0.25, 0.3) is 0 Å². The molecule has 1 saturated heterocycles. The van der Waals surface area contributed by atoms with E-state index >= 15 is 0 Å². The van der Waals surface area contributed by atoms with Gasteiger partial charge in [-0.25, -0.2) is 13.1 Å². The quantitative estimate of drug-likeness (QED) is 0.820. The van der Waals surface area contributed by atoms with E-state index in [9.17, 15) is 13.2 Å². The van der Waals surface area contributed by atoms with Crippen LogP contribution in [0.5, 0.6) is 0 Å². The molecule has 9 heteroatoms.